The van der Waals surface area contributed by atoms with E-state index in [0.717, 1.165) is 39.3 Å². The van der Waals surface area contributed by atoms with Crippen molar-refractivity contribution in [3.05, 3.63) is 42.0 Å². The zero-order valence-electron chi connectivity index (χ0n) is 10.8. The van der Waals surface area contributed by atoms with E-state index in [1.54, 1.807) is 0 Å². The summed E-state index contributed by atoms with van der Waals surface area (Å²) in [5.74, 6) is 0. The van der Waals surface area contributed by atoms with Crippen molar-refractivity contribution in [2.75, 3.05) is 45.9 Å². The lowest BCUT2D eigenvalue weighted by Crippen LogP contribution is -2.47. The van der Waals surface area contributed by atoms with Gasteiger partial charge in [0, 0.05) is 39.3 Å². The molecule has 1 aliphatic rings. The molecule has 98 valence electrons. The molecule has 1 aliphatic heterocycles. The third kappa shape index (κ3) is 4.26. The van der Waals surface area contributed by atoms with E-state index in [1.807, 2.05) is 6.07 Å². The Morgan fingerprint density at radius 2 is 1.67 bits per heavy atom. The van der Waals surface area contributed by atoms with Crippen molar-refractivity contribution < 1.29 is 5.11 Å². The van der Waals surface area contributed by atoms with Crippen LogP contribution in [0.25, 0.3) is 6.08 Å². The summed E-state index contributed by atoms with van der Waals surface area (Å²) in [4.78, 5) is 4.77. The summed E-state index contributed by atoms with van der Waals surface area (Å²) in [5.41, 5.74) is 1.26. The van der Waals surface area contributed by atoms with Crippen molar-refractivity contribution in [3.63, 3.8) is 0 Å². The van der Waals surface area contributed by atoms with Crippen molar-refractivity contribution in [2.24, 2.45) is 0 Å². The largest absolute Gasteiger partial charge is 0.395 e. The Balaban J connectivity index is 1.71. The van der Waals surface area contributed by atoms with Gasteiger partial charge in [0.05, 0.1) is 6.61 Å². The molecule has 0 radical (unpaired) electrons. The molecule has 0 unspecified atom stereocenters. The summed E-state index contributed by atoms with van der Waals surface area (Å²) in [6, 6.07) is 10.4. The van der Waals surface area contributed by atoms with Gasteiger partial charge in [-0.25, -0.2) is 0 Å². The quantitative estimate of drug-likeness (QED) is 0.848. The first-order valence-corrected chi connectivity index (χ1v) is 6.65. The first kappa shape index (κ1) is 13.3. The van der Waals surface area contributed by atoms with Crippen LogP contribution in [0.3, 0.4) is 0 Å². The van der Waals surface area contributed by atoms with Gasteiger partial charge in [-0.3, -0.25) is 9.80 Å². The van der Waals surface area contributed by atoms with Crippen LogP contribution in [0, 0.1) is 0 Å². The average Bonchev–Trinajstić information content (AvgIpc) is 2.42. The maximum absolute atomic E-state index is 8.89. The van der Waals surface area contributed by atoms with E-state index in [0.29, 0.717) is 0 Å². The van der Waals surface area contributed by atoms with Crippen LogP contribution in [0.5, 0.6) is 0 Å². The minimum absolute atomic E-state index is 0.272. The van der Waals surface area contributed by atoms with Gasteiger partial charge in [-0.1, -0.05) is 42.5 Å². The highest BCUT2D eigenvalue weighted by Crippen LogP contribution is 2.04. The molecule has 1 fully saturated rings. The molecule has 0 spiro atoms. The Morgan fingerprint density at radius 1 is 1.00 bits per heavy atom. The highest BCUT2D eigenvalue weighted by atomic mass is 16.3. The van der Waals surface area contributed by atoms with E-state index in [4.69, 9.17) is 5.11 Å². The first-order chi connectivity index (χ1) is 8.88. The Morgan fingerprint density at radius 3 is 2.33 bits per heavy atom. The number of hydrogen-bond donors (Lipinski definition) is 1. The summed E-state index contributed by atoms with van der Waals surface area (Å²) in [7, 11) is 0. The topological polar surface area (TPSA) is 26.7 Å². The Hall–Kier alpha value is -1.16. The van der Waals surface area contributed by atoms with Crippen LogP contribution in [-0.2, 0) is 0 Å². The molecule has 0 amide bonds. The molecule has 0 saturated carbocycles. The number of hydrogen-bond acceptors (Lipinski definition) is 3. The van der Waals surface area contributed by atoms with Gasteiger partial charge in [-0.2, -0.15) is 0 Å². The number of piperazine rings is 1. The normalized spacial score (nSPS) is 18.5. The van der Waals surface area contributed by atoms with Crippen molar-refractivity contribution >= 4 is 6.08 Å². The number of aliphatic hydroxyl groups is 1. The summed E-state index contributed by atoms with van der Waals surface area (Å²) >= 11 is 0. The second-order valence-electron chi connectivity index (χ2n) is 4.68. The molecule has 1 aromatic carbocycles. The van der Waals surface area contributed by atoms with Gasteiger partial charge in [0.1, 0.15) is 0 Å². The number of benzene rings is 1. The van der Waals surface area contributed by atoms with E-state index >= 15 is 0 Å². The van der Waals surface area contributed by atoms with Gasteiger partial charge < -0.3 is 5.11 Å². The maximum atomic E-state index is 8.89. The van der Waals surface area contributed by atoms with Crippen LogP contribution in [-0.4, -0.2) is 60.8 Å². The molecule has 3 nitrogen and oxygen atoms in total. The number of aliphatic hydroxyl groups excluding tert-OH is 1. The van der Waals surface area contributed by atoms with E-state index < -0.39 is 0 Å². The Labute approximate surface area is 109 Å². The third-order valence-electron chi connectivity index (χ3n) is 3.35. The SMILES string of the molecule is OCCN1CCN(CC=Cc2ccccc2)CC1. The molecule has 0 aromatic heterocycles. The monoisotopic (exact) mass is 246 g/mol. The smallest absolute Gasteiger partial charge is 0.0558 e. The summed E-state index contributed by atoms with van der Waals surface area (Å²) in [5, 5.41) is 8.89. The van der Waals surface area contributed by atoms with Gasteiger partial charge in [-0.15, -0.1) is 0 Å². The summed E-state index contributed by atoms with van der Waals surface area (Å²) < 4.78 is 0. The van der Waals surface area contributed by atoms with Gasteiger partial charge in [0.15, 0.2) is 0 Å². The van der Waals surface area contributed by atoms with E-state index in [2.05, 4.69) is 46.2 Å². The van der Waals surface area contributed by atoms with Crippen molar-refractivity contribution in [3.8, 4) is 0 Å². The lowest BCUT2D eigenvalue weighted by molar-refractivity contribution is 0.120. The predicted octanol–water partition coefficient (Wildman–Crippen LogP) is 1.31. The van der Waals surface area contributed by atoms with Crippen LogP contribution in [0.4, 0.5) is 0 Å². The highest BCUT2D eigenvalue weighted by Gasteiger charge is 2.14. The fourth-order valence-corrected chi connectivity index (χ4v) is 2.24. The van der Waals surface area contributed by atoms with E-state index in [1.165, 1.54) is 5.56 Å². The van der Waals surface area contributed by atoms with Crippen molar-refractivity contribution in [1.82, 2.24) is 9.80 Å². The molecule has 1 heterocycles. The van der Waals surface area contributed by atoms with E-state index in [9.17, 15) is 0 Å². The fourth-order valence-electron chi connectivity index (χ4n) is 2.24. The zero-order valence-corrected chi connectivity index (χ0v) is 10.8. The maximum Gasteiger partial charge on any atom is 0.0558 e. The molecular formula is C15H22N2O. The van der Waals surface area contributed by atoms with Crippen LogP contribution >= 0.6 is 0 Å². The molecule has 3 heteroatoms. The molecule has 1 aromatic rings. The summed E-state index contributed by atoms with van der Waals surface area (Å²) in [6.07, 6.45) is 4.41. The first-order valence-electron chi connectivity index (χ1n) is 6.65. The lowest BCUT2D eigenvalue weighted by Gasteiger charge is -2.33. The second kappa shape index (κ2) is 7.31. The predicted molar refractivity (Wildman–Crippen MR) is 75.4 cm³/mol. The number of rotatable bonds is 5. The molecule has 1 saturated heterocycles. The average molecular weight is 246 g/mol. The molecular weight excluding hydrogens is 224 g/mol. The second-order valence-corrected chi connectivity index (χ2v) is 4.68. The van der Waals surface area contributed by atoms with E-state index in [-0.39, 0.29) is 6.61 Å². The van der Waals surface area contributed by atoms with Crippen LogP contribution in [0.1, 0.15) is 5.56 Å². The molecule has 18 heavy (non-hydrogen) atoms. The van der Waals surface area contributed by atoms with Crippen molar-refractivity contribution in [2.45, 2.75) is 0 Å². The molecule has 2 rings (SSSR count). The summed E-state index contributed by atoms with van der Waals surface area (Å²) in [6.45, 7) is 6.43. The standard InChI is InChI=1S/C15H22N2O/c18-14-13-17-11-9-16(10-12-17)8-4-7-15-5-2-1-3-6-15/h1-7,18H,8-14H2. The Bertz CT molecular complexity index is 356. The fraction of sp³-hybridized carbons (Fsp3) is 0.467. The van der Waals surface area contributed by atoms with Crippen molar-refractivity contribution in [1.29, 1.82) is 0 Å². The zero-order chi connectivity index (χ0) is 12.6. The van der Waals surface area contributed by atoms with Crippen LogP contribution in [0.2, 0.25) is 0 Å². The van der Waals surface area contributed by atoms with Gasteiger partial charge in [-0.05, 0) is 5.56 Å². The molecule has 1 N–H and O–H groups in total. The number of nitrogens with zero attached hydrogens (tertiary/aromatic N) is 2. The van der Waals surface area contributed by atoms with Gasteiger partial charge in [0.2, 0.25) is 0 Å². The number of β-amino-alcohol motifs (C(OH)–C–C–N with tert-alkyl or cyclic N) is 1. The van der Waals surface area contributed by atoms with Crippen LogP contribution < -0.4 is 0 Å². The minimum Gasteiger partial charge on any atom is -0.395 e. The molecule has 0 aliphatic carbocycles. The highest BCUT2D eigenvalue weighted by molar-refractivity contribution is 5.48. The minimum atomic E-state index is 0.272. The van der Waals surface area contributed by atoms with Crippen LogP contribution in [0.15, 0.2) is 36.4 Å². The lowest BCUT2D eigenvalue weighted by atomic mass is 10.2. The molecule has 0 bridgehead atoms. The molecule has 0 atom stereocenters. The Kier molecular flexibility index (Phi) is 5.39. The van der Waals surface area contributed by atoms with Gasteiger partial charge in [0.25, 0.3) is 0 Å². The van der Waals surface area contributed by atoms with Gasteiger partial charge >= 0.3 is 0 Å². The third-order valence-corrected chi connectivity index (χ3v) is 3.35.